The van der Waals surface area contributed by atoms with Gasteiger partial charge in [-0.3, -0.25) is 4.57 Å². The highest BCUT2D eigenvalue weighted by molar-refractivity contribution is 7.68. The molecule has 5 heteroatoms. The van der Waals surface area contributed by atoms with Crippen LogP contribution in [-0.2, 0) is 14.1 Å². The molecule has 1 rings (SSSR count). The van der Waals surface area contributed by atoms with Crippen molar-refractivity contribution in [2.75, 3.05) is 18.8 Å². The highest BCUT2D eigenvalue weighted by Crippen LogP contribution is 2.69. The fourth-order valence-corrected chi connectivity index (χ4v) is 7.51. The van der Waals surface area contributed by atoms with Gasteiger partial charge in [0, 0.05) is 29.1 Å². The van der Waals surface area contributed by atoms with Crippen LogP contribution >= 0.6 is 7.29 Å². The Morgan fingerprint density at radius 3 is 2.04 bits per heavy atom. The Balaban J connectivity index is 3.47. The molecule has 24 heavy (non-hydrogen) atoms. The number of benzene rings is 1. The molecule has 0 amide bonds. The summed E-state index contributed by atoms with van der Waals surface area (Å²) in [6.45, 7) is 12.1. The first-order chi connectivity index (χ1) is 10.9. The fourth-order valence-electron chi connectivity index (χ4n) is 3.21. The molecule has 0 saturated heterocycles. The molecular formula is C19H30NO3P. The van der Waals surface area contributed by atoms with Gasteiger partial charge in [-0.1, -0.05) is 59.7 Å². The van der Waals surface area contributed by atoms with Gasteiger partial charge in [0.2, 0.25) is 0 Å². The van der Waals surface area contributed by atoms with Gasteiger partial charge in [-0.2, -0.15) is 0 Å². The summed E-state index contributed by atoms with van der Waals surface area (Å²) < 4.78 is 20.7. The highest BCUT2D eigenvalue weighted by atomic mass is 31.2. The molecule has 0 spiro atoms. The molecule has 0 fully saturated rings. The van der Waals surface area contributed by atoms with E-state index in [2.05, 4.69) is 4.74 Å². The van der Waals surface area contributed by atoms with Gasteiger partial charge in [0.15, 0.2) is 7.29 Å². The molecule has 0 unspecified atom stereocenters. The van der Waals surface area contributed by atoms with E-state index in [0.717, 1.165) is 11.3 Å². The van der Waals surface area contributed by atoms with Gasteiger partial charge in [0.25, 0.3) is 0 Å². The summed E-state index contributed by atoms with van der Waals surface area (Å²) in [4.78, 5) is 11.4. The van der Waals surface area contributed by atoms with Crippen molar-refractivity contribution in [2.45, 2.75) is 51.9 Å². The van der Waals surface area contributed by atoms with Crippen LogP contribution in [0.15, 0.2) is 30.3 Å². The zero-order chi connectivity index (χ0) is 18.8. The SMILES string of the molecule is COC(=O)/C=C/c1ccccc1N(C)P(=O)(C(C)(C)C)C(C)(C)C. The Morgan fingerprint density at radius 1 is 1.08 bits per heavy atom. The van der Waals surface area contributed by atoms with E-state index in [9.17, 15) is 9.36 Å². The largest absolute Gasteiger partial charge is 0.466 e. The lowest BCUT2D eigenvalue weighted by atomic mass is 10.1. The Hall–Kier alpha value is -1.54. The average molecular weight is 351 g/mol. The minimum Gasteiger partial charge on any atom is -0.466 e. The Bertz CT molecular complexity index is 648. The van der Waals surface area contributed by atoms with Crippen LogP contribution in [0.25, 0.3) is 6.08 Å². The molecule has 134 valence electrons. The molecule has 1 aromatic carbocycles. The van der Waals surface area contributed by atoms with Gasteiger partial charge in [0.1, 0.15) is 0 Å². The van der Waals surface area contributed by atoms with Crippen molar-refractivity contribution in [3.8, 4) is 0 Å². The van der Waals surface area contributed by atoms with Gasteiger partial charge < -0.3 is 9.41 Å². The standard InChI is InChI=1S/C19H30NO3P/c1-18(2,3)24(22,19(4,5)6)20(7)16-12-10-9-11-15(16)13-14-17(21)23-8/h9-14H,1-8H3/b14-13+. The van der Waals surface area contributed by atoms with Crippen LogP contribution in [0, 0.1) is 0 Å². The van der Waals surface area contributed by atoms with Crippen LogP contribution in [0.5, 0.6) is 0 Å². The number of hydrogen-bond donors (Lipinski definition) is 0. The van der Waals surface area contributed by atoms with Crippen molar-refractivity contribution < 1.29 is 14.1 Å². The second-order valence-corrected chi connectivity index (χ2v) is 12.3. The third kappa shape index (κ3) is 3.92. The van der Waals surface area contributed by atoms with Crippen LogP contribution in [0.1, 0.15) is 47.1 Å². The summed E-state index contributed by atoms with van der Waals surface area (Å²) in [7, 11) is 0.424. The normalized spacial score (nSPS) is 13.2. The van der Waals surface area contributed by atoms with Gasteiger partial charge in [0.05, 0.1) is 7.11 Å². The lowest BCUT2D eigenvalue weighted by Crippen LogP contribution is -2.38. The number of anilines is 1. The van der Waals surface area contributed by atoms with E-state index >= 15 is 0 Å². The second kappa shape index (κ2) is 7.14. The summed E-state index contributed by atoms with van der Waals surface area (Å²) in [5.74, 6) is -0.415. The smallest absolute Gasteiger partial charge is 0.330 e. The summed E-state index contributed by atoms with van der Waals surface area (Å²) in [6.07, 6.45) is 3.08. The number of hydrogen-bond acceptors (Lipinski definition) is 3. The number of esters is 1. The minimum atomic E-state index is -2.80. The highest BCUT2D eigenvalue weighted by Gasteiger charge is 2.49. The number of rotatable bonds is 4. The quantitative estimate of drug-likeness (QED) is 0.426. The molecule has 0 radical (unpaired) electrons. The predicted molar refractivity (Wildman–Crippen MR) is 103 cm³/mol. The fraction of sp³-hybridized carbons (Fsp3) is 0.526. The van der Waals surface area contributed by atoms with Crippen molar-refractivity contribution >= 4 is 25.0 Å². The molecule has 0 aliphatic rings. The number of nitrogens with zero attached hydrogens (tertiary/aromatic N) is 1. The number of carbonyl (C=O) groups is 1. The van der Waals surface area contributed by atoms with Crippen LogP contribution in [-0.4, -0.2) is 30.4 Å². The van der Waals surface area contributed by atoms with E-state index in [1.54, 1.807) is 6.08 Å². The maximum Gasteiger partial charge on any atom is 0.330 e. The lowest BCUT2D eigenvalue weighted by molar-refractivity contribution is -0.134. The predicted octanol–water partition coefficient (Wildman–Crippen LogP) is 5.18. The Morgan fingerprint density at radius 2 is 1.58 bits per heavy atom. The van der Waals surface area contributed by atoms with E-state index in [1.165, 1.54) is 13.2 Å². The average Bonchev–Trinajstić information content (AvgIpc) is 2.49. The topological polar surface area (TPSA) is 46.6 Å². The second-order valence-electron chi connectivity index (χ2n) is 7.86. The van der Waals surface area contributed by atoms with Crippen molar-refractivity contribution in [3.05, 3.63) is 35.9 Å². The number of para-hydroxylation sites is 1. The molecule has 0 saturated carbocycles. The maximum absolute atomic E-state index is 14.1. The van der Waals surface area contributed by atoms with E-state index in [1.807, 2.05) is 77.5 Å². The van der Waals surface area contributed by atoms with E-state index < -0.39 is 13.3 Å². The molecule has 0 heterocycles. The molecular weight excluding hydrogens is 321 g/mol. The molecule has 0 aliphatic carbocycles. The van der Waals surface area contributed by atoms with Gasteiger partial charge in [-0.25, -0.2) is 4.79 Å². The summed E-state index contributed by atoms with van der Waals surface area (Å²) in [5.41, 5.74) is 1.67. The van der Waals surface area contributed by atoms with Gasteiger partial charge in [-0.15, -0.1) is 0 Å². The van der Waals surface area contributed by atoms with Crippen molar-refractivity contribution in [3.63, 3.8) is 0 Å². The molecule has 1 aromatic rings. The first-order valence-electron chi connectivity index (χ1n) is 8.06. The van der Waals surface area contributed by atoms with Gasteiger partial charge >= 0.3 is 5.97 Å². The van der Waals surface area contributed by atoms with E-state index in [4.69, 9.17) is 0 Å². The first kappa shape index (κ1) is 20.5. The van der Waals surface area contributed by atoms with Crippen LogP contribution in [0.2, 0.25) is 0 Å². The van der Waals surface area contributed by atoms with Crippen LogP contribution in [0.3, 0.4) is 0 Å². The molecule has 0 atom stereocenters. The monoisotopic (exact) mass is 351 g/mol. The molecule has 0 N–H and O–H groups in total. The third-order valence-corrected chi connectivity index (χ3v) is 8.82. The van der Waals surface area contributed by atoms with E-state index in [0.29, 0.717) is 0 Å². The zero-order valence-electron chi connectivity index (χ0n) is 16.1. The Kier molecular flexibility index (Phi) is 6.10. The maximum atomic E-state index is 14.1. The molecule has 0 bridgehead atoms. The summed E-state index contributed by atoms with van der Waals surface area (Å²) in [5, 5.41) is -0.779. The Labute approximate surface area is 146 Å². The number of ether oxygens (including phenoxy) is 1. The van der Waals surface area contributed by atoms with Crippen molar-refractivity contribution in [2.24, 2.45) is 0 Å². The molecule has 0 aliphatic heterocycles. The summed E-state index contributed by atoms with van der Waals surface area (Å²) in [6, 6.07) is 7.65. The van der Waals surface area contributed by atoms with E-state index in [-0.39, 0.29) is 10.3 Å². The van der Waals surface area contributed by atoms with Crippen molar-refractivity contribution in [1.29, 1.82) is 0 Å². The molecule has 0 aromatic heterocycles. The zero-order valence-corrected chi connectivity index (χ0v) is 17.0. The lowest BCUT2D eigenvalue weighted by Gasteiger charge is -2.47. The van der Waals surface area contributed by atoms with Crippen LogP contribution in [0.4, 0.5) is 5.69 Å². The molecule has 4 nitrogen and oxygen atoms in total. The minimum absolute atomic E-state index is 0.390. The third-order valence-electron chi connectivity index (χ3n) is 4.13. The number of methoxy groups -OCH3 is 1. The number of carbonyl (C=O) groups excluding carboxylic acids is 1. The summed E-state index contributed by atoms with van der Waals surface area (Å²) >= 11 is 0. The first-order valence-corrected chi connectivity index (χ1v) is 9.71. The van der Waals surface area contributed by atoms with Gasteiger partial charge in [-0.05, 0) is 17.7 Å². The van der Waals surface area contributed by atoms with Crippen LogP contribution < -0.4 is 4.67 Å². The van der Waals surface area contributed by atoms with Crippen molar-refractivity contribution in [1.82, 2.24) is 0 Å².